The number of benzene rings is 3. The second-order valence-corrected chi connectivity index (χ2v) is 12.3. The number of amides is 1. The third-order valence-corrected chi connectivity index (χ3v) is 9.34. The average molecular weight is 582 g/mol. The van der Waals surface area contributed by atoms with E-state index in [9.17, 15) is 4.79 Å². The Morgan fingerprint density at radius 1 is 1.02 bits per heavy atom. The first-order valence-corrected chi connectivity index (χ1v) is 15.4. The van der Waals surface area contributed by atoms with Crippen LogP contribution in [0.3, 0.4) is 0 Å². The van der Waals surface area contributed by atoms with Gasteiger partial charge in [0, 0.05) is 37.8 Å². The molecule has 0 radical (unpaired) electrons. The summed E-state index contributed by atoms with van der Waals surface area (Å²) in [5.41, 5.74) is 5.01. The predicted molar refractivity (Wildman–Crippen MR) is 171 cm³/mol. The van der Waals surface area contributed by atoms with Gasteiger partial charge < -0.3 is 29.6 Å². The fourth-order valence-corrected chi connectivity index (χ4v) is 6.95. The van der Waals surface area contributed by atoms with E-state index in [0.29, 0.717) is 23.1 Å². The molecular weight excluding hydrogens is 538 g/mol. The Morgan fingerprint density at radius 3 is 2.53 bits per heavy atom. The molecule has 0 aliphatic carbocycles. The zero-order valence-electron chi connectivity index (χ0n) is 25.6. The van der Waals surface area contributed by atoms with Gasteiger partial charge in [0.1, 0.15) is 0 Å². The number of carbonyl (C=O) groups excluding carboxylic acids is 1. The largest absolute Gasteiger partial charge is 0.493 e. The number of methoxy groups -OCH3 is 2. The number of hydrogen-bond acceptors (Lipinski definition) is 6. The summed E-state index contributed by atoms with van der Waals surface area (Å²) in [5.74, 6) is 2.20. The minimum Gasteiger partial charge on any atom is -0.493 e. The molecule has 43 heavy (non-hydrogen) atoms. The molecule has 0 bridgehead atoms. The van der Waals surface area contributed by atoms with Gasteiger partial charge in [-0.3, -0.25) is 4.79 Å². The van der Waals surface area contributed by atoms with Gasteiger partial charge in [-0.1, -0.05) is 42.5 Å². The molecule has 226 valence electrons. The Labute approximate surface area is 254 Å². The molecule has 4 aromatic rings. The van der Waals surface area contributed by atoms with Gasteiger partial charge in [-0.2, -0.15) is 0 Å². The van der Waals surface area contributed by atoms with Gasteiger partial charge in [0.05, 0.1) is 25.3 Å². The van der Waals surface area contributed by atoms with Gasteiger partial charge in [-0.05, 0) is 86.4 Å². The van der Waals surface area contributed by atoms with Gasteiger partial charge >= 0.3 is 0 Å². The molecule has 0 saturated carbocycles. The van der Waals surface area contributed by atoms with Crippen LogP contribution in [0, 0.1) is 12.3 Å². The summed E-state index contributed by atoms with van der Waals surface area (Å²) in [7, 11) is 3.24. The number of rotatable bonds is 10. The van der Waals surface area contributed by atoms with Crippen molar-refractivity contribution >= 4 is 22.9 Å². The molecule has 3 heterocycles. The lowest BCUT2D eigenvalue weighted by Crippen LogP contribution is -2.42. The Balaban J connectivity index is 1.10. The van der Waals surface area contributed by atoms with Crippen LogP contribution in [0.25, 0.3) is 11.0 Å². The summed E-state index contributed by atoms with van der Waals surface area (Å²) in [4.78, 5) is 26.5. The lowest BCUT2D eigenvalue weighted by Gasteiger charge is -2.36. The Bertz CT molecular complexity index is 1510. The van der Waals surface area contributed by atoms with Gasteiger partial charge in [-0.25, -0.2) is 4.98 Å². The van der Waals surface area contributed by atoms with E-state index in [1.807, 2.05) is 42.2 Å². The number of aromatic nitrogens is 2. The van der Waals surface area contributed by atoms with E-state index in [4.69, 9.17) is 14.5 Å². The van der Waals surface area contributed by atoms with E-state index in [1.165, 1.54) is 5.56 Å². The number of hydrogen-bond donors (Lipinski definition) is 2. The molecule has 8 nitrogen and oxygen atoms in total. The smallest absolute Gasteiger partial charge is 0.254 e. The van der Waals surface area contributed by atoms with Crippen LogP contribution in [0.5, 0.6) is 11.5 Å². The van der Waals surface area contributed by atoms with Crippen molar-refractivity contribution in [3.63, 3.8) is 0 Å². The molecule has 8 heteroatoms. The number of nitrogens with one attached hydrogen (secondary N) is 2. The third-order valence-electron chi connectivity index (χ3n) is 9.34. The van der Waals surface area contributed by atoms with Crippen LogP contribution in [0.2, 0.25) is 0 Å². The number of aryl methyl sites for hydroxylation is 1. The summed E-state index contributed by atoms with van der Waals surface area (Å²) in [5, 5.41) is 3.63. The van der Waals surface area contributed by atoms with Crippen molar-refractivity contribution in [2.45, 2.75) is 45.1 Å². The fourth-order valence-electron chi connectivity index (χ4n) is 6.95. The monoisotopic (exact) mass is 581 g/mol. The molecule has 2 aliphatic rings. The van der Waals surface area contributed by atoms with Crippen molar-refractivity contribution in [1.29, 1.82) is 0 Å². The number of para-hydroxylation sites is 2. The van der Waals surface area contributed by atoms with Crippen LogP contribution in [0.1, 0.15) is 47.2 Å². The van der Waals surface area contributed by atoms with Gasteiger partial charge in [0.15, 0.2) is 11.5 Å². The van der Waals surface area contributed by atoms with Crippen LogP contribution in [0.15, 0.2) is 66.7 Å². The SMILES string of the molecule is COc1cc(C(=O)N2CCC(CCN3CCC(Nc4nc5ccccc5[nH]4)CC3)(Cc3ccccc3)C2)cc(C)c1OC. The van der Waals surface area contributed by atoms with Crippen LogP contribution in [-0.4, -0.2) is 78.7 Å². The standard InChI is InChI=1S/C35H43N5O3/c1-25-21-27(22-31(42-2)32(25)43-3)33(41)40-20-16-35(24-40,23-26-9-5-4-6-10-26)15-19-39-17-13-28(14-18-39)36-34-37-29-11-7-8-12-30(29)38-34/h4-12,21-22,28H,13-20,23-24H2,1-3H3,(H2,36,37,38). The molecule has 2 fully saturated rings. The average Bonchev–Trinajstić information content (AvgIpc) is 3.64. The molecule has 2 saturated heterocycles. The fraction of sp³-hybridized carbons (Fsp3) is 0.429. The maximum absolute atomic E-state index is 13.8. The number of carbonyl (C=O) groups is 1. The highest BCUT2D eigenvalue weighted by Gasteiger charge is 2.40. The van der Waals surface area contributed by atoms with Gasteiger partial charge in [0.25, 0.3) is 5.91 Å². The van der Waals surface area contributed by atoms with Crippen molar-refractivity contribution in [3.8, 4) is 11.5 Å². The van der Waals surface area contributed by atoms with Gasteiger partial charge in [-0.15, -0.1) is 0 Å². The van der Waals surface area contributed by atoms with E-state index < -0.39 is 0 Å². The van der Waals surface area contributed by atoms with Crippen LogP contribution >= 0.6 is 0 Å². The van der Waals surface area contributed by atoms with Crippen LogP contribution in [0.4, 0.5) is 5.95 Å². The molecule has 1 atom stereocenters. The highest BCUT2D eigenvalue weighted by molar-refractivity contribution is 5.95. The lowest BCUT2D eigenvalue weighted by molar-refractivity contribution is 0.0763. The molecule has 3 aromatic carbocycles. The van der Waals surface area contributed by atoms with E-state index >= 15 is 0 Å². The minimum atomic E-state index is 0.0476. The Hall–Kier alpha value is -4.04. The highest BCUT2D eigenvalue weighted by Crippen LogP contribution is 2.40. The molecule has 0 spiro atoms. The summed E-state index contributed by atoms with van der Waals surface area (Å²) >= 11 is 0. The second kappa shape index (κ2) is 12.7. The first-order valence-electron chi connectivity index (χ1n) is 15.4. The van der Waals surface area contributed by atoms with Crippen molar-refractivity contribution < 1.29 is 14.3 Å². The number of likely N-dealkylation sites (tertiary alicyclic amines) is 2. The van der Waals surface area contributed by atoms with Gasteiger partial charge in [0.2, 0.25) is 5.95 Å². The molecular formula is C35H43N5O3. The number of ether oxygens (including phenoxy) is 2. The quantitative estimate of drug-likeness (QED) is 0.242. The summed E-state index contributed by atoms with van der Waals surface area (Å²) in [6.45, 7) is 6.65. The van der Waals surface area contributed by atoms with Crippen molar-refractivity contribution in [2.75, 3.05) is 52.3 Å². The first kappa shape index (κ1) is 29.1. The zero-order chi connectivity index (χ0) is 29.8. The van der Waals surface area contributed by atoms with E-state index in [-0.39, 0.29) is 11.3 Å². The van der Waals surface area contributed by atoms with Crippen molar-refractivity contribution in [1.82, 2.24) is 19.8 Å². The number of anilines is 1. The number of imidazole rings is 1. The number of nitrogens with zero attached hydrogens (tertiary/aromatic N) is 3. The first-order chi connectivity index (χ1) is 20.9. The highest BCUT2D eigenvalue weighted by atomic mass is 16.5. The van der Waals surface area contributed by atoms with E-state index in [0.717, 1.165) is 87.4 Å². The Morgan fingerprint density at radius 2 is 1.79 bits per heavy atom. The molecule has 2 aliphatic heterocycles. The van der Waals surface area contributed by atoms with Crippen molar-refractivity contribution in [2.24, 2.45) is 5.41 Å². The summed E-state index contributed by atoms with van der Waals surface area (Å²) in [6, 6.07) is 23.1. The maximum Gasteiger partial charge on any atom is 0.254 e. The second-order valence-electron chi connectivity index (χ2n) is 12.3. The number of fused-ring (bicyclic) bond motifs is 1. The molecule has 6 rings (SSSR count). The topological polar surface area (TPSA) is 82.7 Å². The summed E-state index contributed by atoms with van der Waals surface area (Å²) < 4.78 is 11.0. The maximum atomic E-state index is 13.8. The molecule has 1 aromatic heterocycles. The zero-order valence-corrected chi connectivity index (χ0v) is 25.6. The van der Waals surface area contributed by atoms with E-state index in [1.54, 1.807) is 14.2 Å². The minimum absolute atomic E-state index is 0.0476. The normalized spacial score (nSPS) is 19.6. The lowest BCUT2D eigenvalue weighted by atomic mass is 9.77. The summed E-state index contributed by atoms with van der Waals surface area (Å²) in [6.07, 6.45) is 5.23. The number of piperidine rings is 1. The third kappa shape index (κ3) is 6.49. The van der Waals surface area contributed by atoms with Crippen LogP contribution < -0.4 is 14.8 Å². The molecule has 1 unspecified atom stereocenters. The number of H-pyrrole nitrogens is 1. The number of aromatic amines is 1. The Kier molecular flexibility index (Phi) is 8.56. The van der Waals surface area contributed by atoms with E-state index in [2.05, 4.69) is 51.6 Å². The molecule has 2 N–H and O–H groups in total. The molecule has 1 amide bonds. The predicted octanol–water partition coefficient (Wildman–Crippen LogP) is 5.93. The van der Waals surface area contributed by atoms with Crippen LogP contribution in [-0.2, 0) is 6.42 Å². The van der Waals surface area contributed by atoms with Crippen molar-refractivity contribution in [3.05, 3.63) is 83.4 Å².